The van der Waals surface area contributed by atoms with Crippen LogP contribution < -0.4 is 15.8 Å². The van der Waals surface area contributed by atoms with Crippen molar-refractivity contribution in [2.45, 2.75) is 6.92 Å². The van der Waals surface area contributed by atoms with E-state index >= 15 is 0 Å². The fourth-order valence-electron chi connectivity index (χ4n) is 1.92. The summed E-state index contributed by atoms with van der Waals surface area (Å²) >= 11 is 0. The van der Waals surface area contributed by atoms with E-state index < -0.39 is 0 Å². The lowest BCUT2D eigenvalue weighted by atomic mass is 10.2. The molecule has 0 aliphatic carbocycles. The van der Waals surface area contributed by atoms with Gasteiger partial charge >= 0.3 is 0 Å². The molecule has 5 heteroatoms. The fourth-order valence-corrected chi connectivity index (χ4v) is 1.92. The molecule has 0 radical (unpaired) electrons. The maximum Gasteiger partial charge on any atom is 0.136 e. The Morgan fingerprint density at radius 2 is 2.17 bits per heavy atom. The van der Waals surface area contributed by atoms with Crippen LogP contribution in [0.5, 0.6) is 0 Å². The summed E-state index contributed by atoms with van der Waals surface area (Å²) in [5.74, 6) is 0.872. The quantitative estimate of drug-likeness (QED) is 0.629. The van der Waals surface area contributed by atoms with Crippen molar-refractivity contribution in [2.24, 2.45) is 9.98 Å². The predicted octanol–water partition coefficient (Wildman–Crippen LogP) is 1.82. The van der Waals surface area contributed by atoms with Gasteiger partial charge in [-0.05, 0) is 25.8 Å². The molecule has 94 valence electrons. The number of para-hydroxylation sites is 2. The monoisotopic (exact) mass is 243 g/mol. The minimum Gasteiger partial charge on any atom is -0.337 e. The number of allylic oxidation sites excluding steroid dienone is 1. The lowest BCUT2D eigenvalue weighted by Crippen LogP contribution is -2.42. The average Bonchev–Trinajstić information content (AvgIpc) is 2.38. The Hall–Kier alpha value is -2.14. The lowest BCUT2D eigenvalue weighted by Gasteiger charge is -2.26. The van der Waals surface area contributed by atoms with Gasteiger partial charge in [-0.25, -0.2) is 10.4 Å². The molecule has 0 spiro atoms. The van der Waals surface area contributed by atoms with Crippen molar-refractivity contribution in [1.82, 2.24) is 10.9 Å². The zero-order valence-corrected chi connectivity index (χ0v) is 10.6. The van der Waals surface area contributed by atoms with Crippen molar-refractivity contribution >= 4 is 23.9 Å². The molecule has 2 N–H and O–H groups in total. The Balaban J connectivity index is 2.30. The largest absolute Gasteiger partial charge is 0.337 e. The molecule has 0 saturated carbocycles. The topological polar surface area (TPSA) is 52.0 Å². The van der Waals surface area contributed by atoms with Gasteiger partial charge in [0.15, 0.2) is 0 Å². The van der Waals surface area contributed by atoms with E-state index in [0.29, 0.717) is 6.54 Å². The highest BCUT2D eigenvalue weighted by molar-refractivity contribution is 5.90. The number of nitrogens with one attached hydrogen (secondary N) is 2. The maximum atomic E-state index is 4.42. The molecular weight excluding hydrogens is 226 g/mol. The van der Waals surface area contributed by atoms with Crippen LogP contribution in [0.1, 0.15) is 6.92 Å². The van der Waals surface area contributed by atoms with Gasteiger partial charge in [0.2, 0.25) is 0 Å². The predicted molar refractivity (Wildman–Crippen MR) is 76.4 cm³/mol. The van der Waals surface area contributed by atoms with Crippen molar-refractivity contribution in [3.63, 3.8) is 0 Å². The van der Waals surface area contributed by atoms with Crippen LogP contribution in [-0.2, 0) is 0 Å². The third-order valence-electron chi connectivity index (χ3n) is 2.60. The third-order valence-corrected chi connectivity index (χ3v) is 2.60. The molecule has 0 unspecified atom stereocenters. The Bertz CT molecular complexity index is 504. The van der Waals surface area contributed by atoms with E-state index in [-0.39, 0.29) is 0 Å². The number of amidine groups is 1. The Morgan fingerprint density at radius 3 is 2.89 bits per heavy atom. The molecule has 5 nitrogen and oxygen atoms in total. The van der Waals surface area contributed by atoms with E-state index in [1.54, 1.807) is 0 Å². The Labute approximate surface area is 107 Å². The van der Waals surface area contributed by atoms with E-state index in [4.69, 9.17) is 0 Å². The smallest absolute Gasteiger partial charge is 0.136 e. The van der Waals surface area contributed by atoms with E-state index in [1.165, 1.54) is 0 Å². The lowest BCUT2D eigenvalue weighted by molar-refractivity contribution is 0.750. The molecule has 2 rings (SSSR count). The number of aliphatic imine (C=N–C) groups is 2. The summed E-state index contributed by atoms with van der Waals surface area (Å²) in [6.07, 6.45) is 2.00. The first-order valence-electron chi connectivity index (χ1n) is 5.75. The second kappa shape index (κ2) is 5.46. The van der Waals surface area contributed by atoms with Crippen molar-refractivity contribution in [3.8, 4) is 0 Å². The molecule has 0 fully saturated rings. The van der Waals surface area contributed by atoms with Gasteiger partial charge in [0.25, 0.3) is 0 Å². The highest BCUT2D eigenvalue weighted by atomic mass is 15.4. The van der Waals surface area contributed by atoms with Gasteiger partial charge < -0.3 is 10.3 Å². The first-order valence-corrected chi connectivity index (χ1v) is 5.75. The van der Waals surface area contributed by atoms with Gasteiger partial charge in [0.05, 0.1) is 23.6 Å². The van der Waals surface area contributed by atoms with E-state index in [9.17, 15) is 0 Å². The van der Waals surface area contributed by atoms with Crippen LogP contribution in [0, 0.1) is 0 Å². The number of hydrogen-bond acceptors (Lipinski definition) is 5. The standard InChI is InChI=1S/C13H17N5/c1-10-8-18(9-13(16-10)17-15-3)12-7-5-4-6-11(12)14-2/h4-8,15H,2,9H2,1,3H3,(H,16,17). The fraction of sp³-hybridized carbons (Fsp3) is 0.231. The molecule has 1 aromatic rings. The van der Waals surface area contributed by atoms with E-state index in [1.807, 2.05) is 44.4 Å². The highest BCUT2D eigenvalue weighted by Crippen LogP contribution is 2.29. The third kappa shape index (κ3) is 2.57. The summed E-state index contributed by atoms with van der Waals surface area (Å²) in [6.45, 7) is 6.24. The maximum absolute atomic E-state index is 4.42. The van der Waals surface area contributed by atoms with Gasteiger partial charge in [-0.1, -0.05) is 12.1 Å². The zero-order chi connectivity index (χ0) is 13.0. The SMILES string of the molecule is C=Nc1ccccc1N1C=C(C)N=C(NNC)C1. The minimum absolute atomic E-state index is 0.671. The van der Waals surface area contributed by atoms with E-state index in [2.05, 4.69) is 32.5 Å². The molecule has 1 aliphatic heterocycles. The number of anilines is 1. The van der Waals surface area contributed by atoms with Gasteiger partial charge in [-0.3, -0.25) is 4.99 Å². The number of hydrazine groups is 1. The molecule has 0 aromatic heterocycles. The second-order valence-electron chi connectivity index (χ2n) is 3.98. The van der Waals surface area contributed by atoms with Crippen molar-refractivity contribution in [3.05, 3.63) is 36.2 Å². The van der Waals surface area contributed by atoms with Crippen molar-refractivity contribution < 1.29 is 0 Å². The summed E-state index contributed by atoms with van der Waals surface area (Å²) in [5, 5.41) is 0. The number of benzene rings is 1. The number of rotatable bonds is 3. The molecule has 0 amide bonds. The molecule has 0 atom stereocenters. The first kappa shape index (κ1) is 12.3. The normalized spacial score (nSPS) is 14.9. The van der Waals surface area contributed by atoms with Crippen LogP contribution in [0.25, 0.3) is 0 Å². The van der Waals surface area contributed by atoms with Gasteiger partial charge in [-0.2, -0.15) is 0 Å². The first-order chi connectivity index (χ1) is 8.74. The Morgan fingerprint density at radius 1 is 1.39 bits per heavy atom. The molecule has 1 aromatic carbocycles. The zero-order valence-electron chi connectivity index (χ0n) is 10.6. The molecular formula is C13H17N5. The van der Waals surface area contributed by atoms with Gasteiger partial charge in [0.1, 0.15) is 5.84 Å². The van der Waals surface area contributed by atoms with Crippen LogP contribution in [0.4, 0.5) is 11.4 Å². The van der Waals surface area contributed by atoms with Crippen LogP contribution in [0.2, 0.25) is 0 Å². The molecule has 1 aliphatic rings. The summed E-state index contributed by atoms with van der Waals surface area (Å²) in [6, 6.07) is 7.91. The molecule has 1 heterocycles. The molecule has 0 saturated heterocycles. The molecule has 18 heavy (non-hydrogen) atoms. The summed E-state index contributed by atoms with van der Waals surface area (Å²) < 4.78 is 0. The Kier molecular flexibility index (Phi) is 3.74. The molecule has 0 bridgehead atoms. The average molecular weight is 243 g/mol. The van der Waals surface area contributed by atoms with Crippen LogP contribution in [-0.4, -0.2) is 26.1 Å². The van der Waals surface area contributed by atoms with Crippen molar-refractivity contribution in [2.75, 3.05) is 18.5 Å². The minimum atomic E-state index is 0.671. The van der Waals surface area contributed by atoms with Crippen molar-refractivity contribution in [1.29, 1.82) is 0 Å². The van der Waals surface area contributed by atoms with Crippen LogP contribution >= 0.6 is 0 Å². The number of nitrogens with zero attached hydrogens (tertiary/aromatic N) is 3. The second-order valence-corrected chi connectivity index (χ2v) is 3.98. The highest BCUT2D eigenvalue weighted by Gasteiger charge is 2.15. The summed E-state index contributed by atoms with van der Waals surface area (Å²) in [4.78, 5) is 10.6. The number of hydrogen-bond donors (Lipinski definition) is 2. The van der Waals surface area contributed by atoms with Crippen LogP contribution in [0.15, 0.2) is 46.1 Å². The summed E-state index contributed by atoms with van der Waals surface area (Å²) in [5.41, 5.74) is 8.75. The van der Waals surface area contributed by atoms with E-state index in [0.717, 1.165) is 22.9 Å². The van der Waals surface area contributed by atoms with Gasteiger partial charge in [0, 0.05) is 13.2 Å². The summed E-state index contributed by atoms with van der Waals surface area (Å²) in [7, 11) is 1.82. The van der Waals surface area contributed by atoms with Gasteiger partial charge in [-0.15, -0.1) is 0 Å². The van der Waals surface area contributed by atoms with Crippen LogP contribution in [0.3, 0.4) is 0 Å².